The van der Waals surface area contributed by atoms with E-state index in [4.69, 9.17) is 9.47 Å². The van der Waals surface area contributed by atoms with Crippen LogP contribution in [0.1, 0.15) is 62.8 Å². The van der Waals surface area contributed by atoms with Gasteiger partial charge >= 0.3 is 0 Å². The fourth-order valence-electron chi connectivity index (χ4n) is 8.84. The lowest BCUT2D eigenvalue weighted by Gasteiger charge is -2.50. The second-order valence-corrected chi connectivity index (χ2v) is 14.4. The zero-order valence-electron chi connectivity index (χ0n) is 30.2. The number of nitrogens with zero attached hydrogens (tertiary/aromatic N) is 2. The van der Waals surface area contributed by atoms with Gasteiger partial charge in [-0.3, -0.25) is 9.80 Å². The molecule has 0 bridgehead atoms. The highest BCUT2D eigenvalue weighted by Crippen LogP contribution is 2.57. The zero-order valence-corrected chi connectivity index (χ0v) is 31.0. The molecule has 3 aliphatic rings. The third-order valence-corrected chi connectivity index (χ3v) is 12.2. The van der Waals surface area contributed by atoms with Crippen LogP contribution < -0.4 is 25.4 Å². The summed E-state index contributed by atoms with van der Waals surface area (Å²) in [6.07, 6.45) is 1.82. The molecule has 4 aromatic rings. The van der Waals surface area contributed by atoms with Crippen LogP contribution in [-0.4, -0.2) is 75.4 Å². The van der Waals surface area contributed by atoms with E-state index in [1.807, 2.05) is 11.8 Å². The molecule has 50 heavy (non-hydrogen) atoms. The monoisotopic (exact) mass is 691 g/mol. The molecule has 3 heterocycles. The Labute approximate surface area is 303 Å². The maximum absolute atomic E-state index is 6.43. The topological polar surface area (TPSA) is 61.0 Å². The van der Waals surface area contributed by atoms with Gasteiger partial charge in [-0.15, -0.1) is 0 Å². The number of para-hydroxylation sites is 3. The average molecular weight is 692 g/mol. The highest BCUT2D eigenvalue weighted by atomic mass is 32.2. The van der Waals surface area contributed by atoms with Gasteiger partial charge in [0.05, 0.1) is 35.7 Å². The zero-order chi connectivity index (χ0) is 34.6. The highest BCUT2D eigenvalue weighted by Gasteiger charge is 2.48. The van der Waals surface area contributed by atoms with E-state index in [0.717, 1.165) is 82.4 Å². The van der Waals surface area contributed by atoms with Crippen molar-refractivity contribution in [2.75, 3.05) is 70.9 Å². The van der Waals surface area contributed by atoms with Gasteiger partial charge in [0, 0.05) is 78.8 Å². The molecule has 0 radical (unpaired) electrons. The van der Waals surface area contributed by atoms with E-state index >= 15 is 0 Å². The Morgan fingerprint density at radius 2 is 1.06 bits per heavy atom. The normalized spacial score (nSPS) is 19.0. The summed E-state index contributed by atoms with van der Waals surface area (Å²) in [5.74, 6) is 1.93. The van der Waals surface area contributed by atoms with Crippen LogP contribution in [0.15, 0.2) is 94.7 Å². The summed E-state index contributed by atoms with van der Waals surface area (Å²) in [6.45, 7) is 17.8. The maximum atomic E-state index is 6.43. The van der Waals surface area contributed by atoms with Crippen LogP contribution in [0, 0.1) is 0 Å². The second kappa shape index (κ2) is 15.4. The van der Waals surface area contributed by atoms with E-state index in [2.05, 4.69) is 138 Å². The van der Waals surface area contributed by atoms with E-state index in [-0.39, 0.29) is 0 Å². The van der Waals surface area contributed by atoms with Crippen molar-refractivity contribution in [1.82, 2.24) is 20.4 Å². The third kappa shape index (κ3) is 5.99. The lowest BCUT2D eigenvalue weighted by molar-refractivity contribution is 0.0933. The molecule has 0 saturated carbocycles. The van der Waals surface area contributed by atoms with E-state index in [1.54, 1.807) is 0 Å². The van der Waals surface area contributed by atoms with Crippen molar-refractivity contribution in [1.29, 1.82) is 0 Å². The van der Waals surface area contributed by atoms with Crippen LogP contribution >= 0.6 is 11.8 Å². The number of hydrogen-bond donors (Lipinski definition) is 3. The second-order valence-electron chi connectivity index (χ2n) is 13.3. The minimum atomic E-state index is -0.413. The SMILES string of the molecule is CCOc1ccccc1C(CC)(c1ccc(C(CC)(c2ccccc2OCC)N2CCNCC2)c2c1Nc1ccccc1S2)N1CCNCC1. The number of anilines is 2. The molecule has 3 N–H and O–H groups in total. The van der Waals surface area contributed by atoms with E-state index in [0.29, 0.717) is 13.2 Å². The molecular formula is C42H53N5O2S. The molecule has 4 aromatic carbocycles. The minimum Gasteiger partial charge on any atom is -0.494 e. The maximum Gasteiger partial charge on any atom is 0.124 e. The molecule has 8 heteroatoms. The van der Waals surface area contributed by atoms with Crippen molar-refractivity contribution < 1.29 is 9.47 Å². The molecule has 7 rings (SSSR count). The third-order valence-electron chi connectivity index (χ3n) is 11.0. The van der Waals surface area contributed by atoms with Crippen LogP contribution in [0.4, 0.5) is 11.4 Å². The van der Waals surface area contributed by atoms with Crippen LogP contribution in [-0.2, 0) is 11.1 Å². The molecule has 264 valence electrons. The molecule has 0 aromatic heterocycles. The average Bonchev–Trinajstić information content (AvgIpc) is 3.18. The molecule has 0 aliphatic carbocycles. The van der Waals surface area contributed by atoms with Gasteiger partial charge in [0.1, 0.15) is 11.5 Å². The Morgan fingerprint density at radius 1 is 0.580 bits per heavy atom. The first-order valence-corrected chi connectivity index (χ1v) is 19.5. The van der Waals surface area contributed by atoms with Gasteiger partial charge < -0.3 is 25.4 Å². The number of fused-ring (bicyclic) bond motifs is 2. The number of benzene rings is 4. The predicted molar refractivity (Wildman–Crippen MR) is 207 cm³/mol. The van der Waals surface area contributed by atoms with E-state index in [1.165, 1.54) is 37.7 Å². The molecule has 2 saturated heterocycles. The van der Waals surface area contributed by atoms with Gasteiger partial charge in [0.15, 0.2) is 0 Å². The highest BCUT2D eigenvalue weighted by molar-refractivity contribution is 7.99. The smallest absolute Gasteiger partial charge is 0.124 e. The first-order chi connectivity index (χ1) is 24.6. The van der Waals surface area contributed by atoms with Gasteiger partial charge in [-0.05, 0) is 56.5 Å². The van der Waals surface area contributed by atoms with Crippen molar-refractivity contribution in [3.05, 3.63) is 107 Å². The fourth-order valence-corrected chi connectivity index (χ4v) is 10.0. The molecule has 2 fully saturated rings. The van der Waals surface area contributed by atoms with E-state index in [9.17, 15) is 0 Å². The van der Waals surface area contributed by atoms with Crippen LogP contribution in [0.25, 0.3) is 0 Å². The number of piperazine rings is 2. The number of rotatable bonds is 12. The summed E-state index contributed by atoms with van der Waals surface area (Å²) in [5.41, 5.74) is 6.67. The van der Waals surface area contributed by atoms with Gasteiger partial charge in [0.25, 0.3) is 0 Å². The number of hydrogen-bond acceptors (Lipinski definition) is 8. The van der Waals surface area contributed by atoms with Crippen LogP contribution in [0.2, 0.25) is 0 Å². The van der Waals surface area contributed by atoms with Crippen LogP contribution in [0.5, 0.6) is 11.5 Å². The minimum absolute atomic E-state index is 0.398. The van der Waals surface area contributed by atoms with Crippen molar-refractivity contribution in [3.63, 3.8) is 0 Å². The fraction of sp³-hybridized carbons (Fsp3) is 0.429. The summed E-state index contributed by atoms with van der Waals surface area (Å²) in [4.78, 5) is 7.97. The Kier molecular flexibility index (Phi) is 10.7. The van der Waals surface area contributed by atoms with Crippen LogP contribution in [0.3, 0.4) is 0 Å². The van der Waals surface area contributed by atoms with Crippen molar-refractivity contribution >= 4 is 23.1 Å². The summed E-state index contributed by atoms with van der Waals surface area (Å²) in [7, 11) is 0. The van der Waals surface area contributed by atoms with Gasteiger partial charge in [0.2, 0.25) is 0 Å². The Bertz CT molecular complexity index is 1640. The molecule has 0 spiro atoms. The van der Waals surface area contributed by atoms with Crippen molar-refractivity contribution in [2.24, 2.45) is 0 Å². The Balaban J connectivity index is 1.54. The molecule has 0 amide bonds. The van der Waals surface area contributed by atoms with Crippen molar-refractivity contribution in [2.45, 2.75) is 61.4 Å². The first kappa shape index (κ1) is 34.9. The van der Waals surface area contributed by atoms with Gasteiger partial charge in [-0.25, -0.2) is 0 Å². The van der Waals surface area contributed by atoms with E-state index < -0.39 is 11.1 Å². The lowest BCUT2D eigenvalue weighted by atomic mass is 9.73. The Morgan fingerprint density at radius 3 is 1.60 bits per heavy atom. The Hall–Kier alpha value is -3.53. The van der Waals surface area contributed by atoms with Gasteiger partial charge in [-0.2, -0.15) is 0 Å². The standard InChI is InChI=1S/C42H53N5O2S/c1-5-41(46-27-23-43-24-28-46,31-15-9-12-18-36(31)48-7-3)33-21-22-34(40-39(33)45-35-17-11-14-20-38(35)50-40)42(6-2,47-29-25-44-26-30-47)32-16-10-13-19-37(32)49-8-4/h9-22,43-45H,5-8,23-30H2,1-4H3. The molecular weight excluding hydrogens is 639 g/mol. The molecule has 2 unspecified atom stereocenters. The van der Waals surface area contributed by atoms with Gasteiger partial charge in [-0.1, -0.05) is 86.3 Å². The quantitative estimate of drug-likeness (QED) is 0.123. The molecule has 7 nitrogen and oxygen atoms in total. The summed E-state index contributed by atoms with van der Waals surface area (Å²) in [5, 5.41) is 11.3. The summed E-state index contributed by atoms with van der Waals surface area (Å²) >= 11 is 1.92. The summed E-state index contributed by atoms with van der Waals surface area (Å²) in [6, 6.07) is 31.2. The number of ether oxygens (including phenoxy) is 2. The summed E-state index contributed by atoms with van der Waals surface area (Å²) < 4.78 is 12.9. The number of nitrogens with one attached hydrogen (secondary N) is 3. The molecule has 3 aliphatic heterocycles. The molecule has 2 atom stereocenters. The lowest BCUT2D eigenvalue weighted by Crippen LogP contribution is -2.56. The predicted octanol–water partition coefficient (Wildman–Crippen LogP) is 7.81. The first-order valence-electron chi connectivity index (χ1n) is 18.7. The van der Waals surface area contributed by atoms with Crippen molar-refractivity contribution in [3.8, 4) is 11.5 Å². The largest absolute Gasteiger partial charge is 0.494 e.